The smallest absolute Gasteiger partial charge is 0.257 e. The van der Waals surface area contributed by atoms with E-state index in [1.807, 2.05) is 66.6 Å². The van der Waals surface area contributed by atoms with Crippen molar-refractivity contribution in [3.63, 3.8) is 0 Å². The Balaban J connectivity index is 1.74. The summed E-state index contributed by atoms with van der Waals surface area (Å²) in [7, 11) is 1.64. The zero-order chi connectivity index (χ0) is 21.8. The lowest BCUT2D eigenvalue weighted by Crippen LogP contribution is -2.35. The Hall–Kier alpha value is -3.12. The first-order valence-corrected chi connectivity index (χ1v) is 10.8. The Morgan fingerprint density at radius 2 is 2.06 bits per heavy atom. The lowest BCUT2D eigenvalue weighted by molar-refractivity contribution is 0.0731. The molecule has 1 unspecified atom stereocenters. The van der Waals surface area contributed by atoms with Crippen LogP contribution in [-0.2, 0) is 4.74 Å². The third-order valence-electron chi connectivity index (χ3n) is 5.76. The Morgan fingerprint density at radius 1 is 1.26 bits per heavy atom. The fourth-order valence-corrected chi connectivity index (χ4v) is 3.91. The molecule has 6 nitrogen and oxygen atoms in total. The minimum absolute atomic E-state index is 0.00872. The van der Waals surface area contributed by atoms with Crippen LogP contribution in [0.5, 0.6) is 5.75 Å². The number of rotatable bonds is 7. The number of aryl methyl sites for hydroxylation is 1. The Kier molecular flexibility index (Phi) is 6.37. The molecular weight excluding hydrogens is 390 g/mol. The lowest BCUT2D eigenvalue weighted by Gasteiger charge is -2.23. The third-order valence-corrected chi connectivity index (χ3v) is 5.76. The molecule has 1 atom stereocenters. The van der Waals surface area contributed by atoms with Crippen molar-refractivity contribution in [1.82, 2.24) is 14.7 Å². The fourth-order valence-electron chi connectivity index (χ4n) is 3.91. The van der Waals surface area contributed by atoms with Crippen molar-refractivity contribution < 1.29 is 14.3 Å². The standard InChI is InChI=1S/C25H29N3O3/c1-4-27(15-19-12-13-31-17-19)25(29)23-16-28(21-10-8-18(2)9-11-21)26-24(23)20-6-5-7-22(14-20)30-3/h5-11,14,16,19H,4,12-13,15,17H2,1-3H3. The molecule has 0 aliphatic carbocycles. The highest BCUT2D eigenvalue weighted by molar-refractivity contribution is 6.00. The van der Waals surface area contributed by atoms with Crippen LogP contribution >= 0.6 is 0 Å². The van der Waals surface area contributed by atoms with Gasteiger partial charge < -0.3 is 14.4 Å². The van der Waals surface area contributed by atoms with Crippen molar-refractivity contribution in [2.75, 3.05) is 33.4 Å². The summed E-state index contributed by atoms with van der Waals surface area (Å²) in [5.41, 5.74) is 4.20. The second kappa shape index (κ2) is 9.35. The molecule has 1 fully saturated rings. The predicted molar refractivity (Wildman–Crippen MR) is 121 cm³/mol. The van der Waals surface area contributed by atoms with Gasteiger partial charge in [-0.3, -0.25) is 4.79 Å². The molecule has 0 radical (unpaired) electrons. The average molecular weight is 420 g/mol. The van der Waals surface area contributed by atoms with Crippen LogP contribution in [0.3, 0.4) is 0 Å². The number of carbonyl (C=O) groups excluding carboxylic acids is 1. The van der Waals surface area contributed by atoms with E-state index in [1.165, 1.54) is 5.56 Å². The number of benzene rings is 2. The van der Waals surface area contributed by atoms with Crippen molar-refractivity contribution >= 4 is 5.91 Å². The maximum atomic E-state index is 13.6. The van der Waals surface area contributed by atoms with E-state index in [1.54, 1.807) is 11.8 Å². The first kappa shape index (κ1) is 21.1. The number of ether oxygens (including phenoxy) is 2. The monoisotopic (exact) mass is 419 g/mol. The maximum Gasteiger partial charge on any atom is 0.257 e. The third kappa shape index (κ3) is 4.64. The molecule has 6 heteroatoms. The maximum absolute atomic E-state index is 13.6. The van der Waals surface area contributed by atoms with Crippen LogP contribution in [0.2, 0.25) is 0 Å². The number of hydrogen-bond acceptors (Lipinski definition) is 4. The largest absolute Gasteiger partial charge is 0.497 e. The van der Waals surface area contributed by atoms with Crippen LogP contribution < -0.4 is 4.74 Å². The molecule has 1 saturated heterocycles. The van der Waals surface area contributed by atoms with Crippen LogP contribution in [0.4, 0.5) is 0 Å². The number of aromatic nitrogens is 2. The average Bonchev–Trinajstić information content (AvgIpc) is 3.48. The molecule has 4 rings (SSSR count). The van der Waals surface area contributed by atoms with Crippen molar-refractivity contribution in [2.24, 2.45) is 5.92 Å². The summed E-state index contributed by atoms with van der Waals surface area (Å²) in [5, 5.41) is 4.81. The van der Waals surface area contributed by atoms with Gasteiger partial charge in [-0.15, -0.1) is 0 Å². The van der Waals surface area contributed by atoms with Gasteiger partial charge in [-0.05, 0) is 44.5 Å². The molecule has 31 heavy (non-hydrogen) atoms. The summed E-state index contributed by atoms with van der Waals surface area (Å²) in [6.07, 6.45) is 2.84. The molecule has 0 spiro atoms. The number of nitrogens with zero attached hydrogens (tertiary/aromatic N) is 3. The normalized spacial score (nSPS) is 15.8. The van der Waals surface area contributed by atoms with E-state index in [4.69, 9.17) is 14.6 Å². The van der Waals surface area contributed by atoms with Gasteiger partial charge in [0.25, 0.3) is 5.91 Å². The summed E-state index contributed by atoms with van der Waals surface area (Å²) in [5.74, 6) is 1.11. The number of amides is 1. The van der Waals surface area contributed by atoms with Gasteiger partial charge in [-0.25, -0.2) is 4.68 Å². The molecule has 162 valence electrons. The summed E-state index contributed by atoms with van der Waals surface area (Å²) in [6, 6.07) is 15.8. The van der Waals surface area contributed by atoms with Gasteiger partial charge in [0.1, 0.15) is 11.4 Å². The van der Waals surface area contributed by atoms with Crippen LogP contribution in [0, 0.1) is 12.8 Å². The van der Waals surface area contributed by atoms with Gasteiger partial charge in [-0.2, -0.15) is 5.10 Å². The zero-order valence-electron chi connectivity index (χ0n) is 18.4. The van der Waals surface area contributed by atoms with Gasteiger partial charge in [0.15, 0.2) is 0 Å². The summed E-state index contributed by atoms with van der Waals surface area (Å²) >= 11 is 0. The topological polar surface area (TPSA) is 56.6 Å². The molecule has 0 bridgehead atoms. The van der Waals surface area contributed by atoms with Crippen LogP contribution in [-0.4, -0.2) is 54.0 Å². The first-order valence-electron chi connectivity index (χ1n) is 10.8. The van der Waals surface area contributed by atoms with Gasteiger partial charge in [-0.1, -0.05) is 29.8 Å². The highest BCUT2D eigenvalue weighted by atomic mass is 16.5. The van der Waals surface area contributed by atoms with Crippen molar-refractivity contribution in [2.45, 2.75) is 20.3 Å². The highest BCUT2D eigenvalue weighted by Gasteiger charge is 2.26. The van der Waals surface area contributed by atoms with Crippen LogP contribution in [0.15, 0.2) is 54.7 Å². The van der Waals surface area contributed by atoms with E-state index in [0.29, 0.717) is 30.3 Å². The molecule has 2 heterocycles. The zero-order valence-corrected chi connectivity index (χ0v) is 18.4. The van der Waals surface area contributed by atoms with E-state index in [0.717, 1.165) is 36.6 Å². The molecule has 0 N–H and O–H groups in total. The van der Waals surface area contributed by atoms with Crippen molar-refractivity contribution in [1.29, 1.82) is 0 Å². The SMILES string of the molecule is CCN(CC1CCOC1)C(=O)c1cn(-c2ccc(C)cc2)nc1-c1cccc(OC)c1. The molecule has 1 aromatic heterocycles. The number of hydrogen-bond donors (Lipinski definition) is 0. The molecule has 1 aliphatic heterocycles. The minimum Gasteiger partial charge on any atom is -0.497 e. The van der Waals surface area contributed by atoms with Crippen LogP contribution in [0.25, 0.3) is 16.9 Å². The molecule has 2 aromatic carbocycles. The van der Waals surface area contributed by atoms with E-state index >= 15 is 0 Å². The quantitative estimate of drug-likeness (QED) is 0.571. The second-order valence-corrected chi connectivity index (χ2v) is 7.98. The van der Waals surface area contributed by atoms with E-state index in [-0.39, 0.29) is 5.91 Å². The number of methoxy groups -OCH3 is 1. The first-order chi connectivity index (χ1) is 15.1. The van der Waals surface area contributed by atoms with Crippen molar-refractivity contribution in [3.05, 3.63) is 65.9 Å². The summed E-state index contributed by atoms with van der Waals surface area (Å²) in [6.45, 7) is 6.90. The lowest BCUT2D eigenvalue weighted by atomic mass is 10.1. The molecule has 0 saturated carbocycles. The van der Waals surface area contributed by atoms with E-state index < -0.39 is 0 Å². The number of carbonyl (C=O) groups is 1. The van der Waals surface area contributed by atoms with E-state index in [2.05, 4.69) is 6.92 Å². The molecule has 1 aliphatic rings. The predicted octanol–water partition coefficient (Wildman–Crippen LogP) is 4.35. The van der Waals surface area contributed by atoms with Crippen LogP contribution in [0.1, 0.15) is 29.3 Å². The van der Waals surface area contributed by atoms with Gasteiger partial charge in [0, 0.05) is 37.4 Å². The van der Waals surface area contributed by atoms with Gasteiger partial charge in [0.2, 0.25) is 0 Å². The summed E-state index contributed by atoms with van der Waals surface area (Å²) < 4.78 is 12.7. The Bertz CT molecular complexity index is 1040. The Morgan fingerprint density at radius 3 is 2.74 bits per heavy atom. The van der Waals surface area contributed by atoms with Crippen molar-refractivity contribution in [3.8, 4) is 22.7 Å². The minimum atomic E-state index is -0.00872. The van der Waals surface area contributed by atoms with Gasteiger partial charge in [0.05, 0.1) is 25.0 Å². The molecule has 3 aromatic rings. The second-order valence-electron chi connectivity index (χ2n) is 7.98. The molecule has 1 amide bonds. The summed E-state index contributed by atoms with van der Waals surface area (Å²) in [4.78, 5) is 15.5. The Labute approximate surface area is 183 Å². The highest BCUT2D eigenvalue weighted by Crippen LogP contribution is 2.28. The van der Waals surface area contributed by atoms with Gasteiger partial charge >= 0.3 is 0 Å². The fraction of sp³-hybridized carbons (Fsp3) is 0.360. The van der Waals surface area contributed by atoms with E-state index in [9.17, 15) is 4.79 Å². The molecular formula is C25H29N3O3.